The van der Waals surface area contributed by atoms with E-state index in [1.807, 2.05) is 6.07 Å². The Morgan fingerprint density at radius 1 is 1.00 bits per heavy atom. The first-order valence-corrected chi connectivity index (χ1v) is 10.0. The lowest BCUT2D eigenvalue weighted by molar-refractivity contribution is 0.0977. The number of carbonyl (C=O) groups is 1. The van der Waals surface area contributed by atoms with Crippen LogP contribution in [0.2, 0.25) is 0 Å². The predicted molar refractivity (Wildman–Crippen MR) is 107 cm³/mol. The third-order valence-electron chi connectivity index (χ3n) is 3.72. The van der Waals surface area contributed by atoms with Gasteiger partial charge in [-0.3, -0.25) is 10.1 Å². The van der Waals surface area contributed by atoms with Gasteiger partial charge in [-0.05, 0) is 48.6 Å². The number of hydrogen-bond donors (Lipinski definition) is 2. The van der Waals surface area contributed by atoms with Gasteiger partial charge in [0.25, 0.3) is 5.91 Å². The van der Waals surface area contributed by atoms with Gasteiger partial charge >= 0.3 is 0 Å². The molecule has 0 heterocycles. The van der Waals surface area contributed by atoms with Gasteiger partial charge in [0.15, 0.2) is 5.11 Å². The average Bonchev–Trinajstić information content (AvgIpc) is 2.63. The molecule has 0 unspecified atom stereocenters. The summed E-state index contributed by atoms with van der Waals surface area (Å²) in [4.78, 5) is 12.3. The summed E-state index contributed by atoms with van der Waals surface area (Å²) in [6.07, 6.45) is 0. The second-order valence-corrected chi connectivity index (χ2v) is 7.73. The Labute approximate surface area is 159 Å². The number of rotatable bonds is 6. The Balaban J connectivity index is 2.03. The third-order valence-corrected chi connectivity index (χ3v) is 5.99. The molecule has 0 saturated carbocycles. The van der Waals surface area contributed by atoms with Crippen molar-refractivity contribution in [1.82, 2.24) is 9.62 Å². The molecular weight excluding hydrogens is 370 g/mol. The Bertz CT molecular complexity index is 862. The fraction of sp³-hybridized carbons (Fsp3) is 0.222. The summed E-state index contributed by atoms with van der Waals surface area (Å²) in [7, 11) is -3.50. The number of thiocarbonyl (C=S) groups is 1. The van der Waals surface area contributed by atoms with E-state index >= 15 is 0 Å². The van der Waals surface area contributed by atoms with Crippen LogP contribution < -0.4 is 10.6 Å². The summed E-state index contributed by atoms with van der Waals surface area (Å²) in [5.41, 5.74) is 1.08. The van der Waals surface area contributed by atoms with Crippen molar-refractivity contribution in [1.29, 1.82) is 0 Å². The first-order valence-electron chi connectivity index (χ1n) is 8.16. The van der Waals surface area contributed by atoms with Crippen molar-refractivity contribution in [3.8, 4) is 0 Å². The van der Waals surface area contributed by atoms with Gasteiger partial charge in [0.1, 0.15) is 0 Å². The van der Waals surface area contributed by atoms with Crippen LogP contribution in [0.3, 0.4) is 0 Å². The maximum atomic E-state index is 12.5. The quantitative estimate of drug-likeness (QED) is 0.741. The topological polar surface area (TPSA) is 78.5 Å². The van der Waals surface area contributed by atoms with Crippen LogP contribution in [0.25, 0.3) is 0 Å². The summed E-state index contributed by atoms with van der Waals surface area (Å²) in [5, 5.41) is 5.59. The van der Waals surface area contributed by atoms with Gasteiger partial charge in [0, 0.05) is 24.3 Å². The van der Waals surface area contributed by atoms with Crippen LogP contribution in [0.5, 0.6) is 0 Å². The fourth-order valence-corrected chi connectivity index (χ4v) is 4.02. The van der Waals surface area contributed by atoms with E-state index < -0.39 is 10.0 Å². The molecule has 6 nitrogen and oxygen atoms in total. The minimum Gasteiger partial charge on any atom is -0.332 e. The fourth-order valence-electron chi connectivity index (χ4n) is 2.35. The lowest BCUT2D eigenvalue weighted by atomic mass is 10.2. The van der Waals surface area contributed by atoms with E-state index in [4.69, 9.17) is 12.2 Å². The van der Waals surface area contributed by atoms with E-state index in [1.165, 1.54) is 16.4 Å². The van der Waals surface area contributed by atoms with E-state index in [9.17, 15) is 13.2 Å². The van der Waals surface area contributed by atoms with Crippen molar-refractivity contribution in [2.75, 3.05) is 18.4 Å². The van der Waals surface area contributed by atoms with Gasteiger partial charge in [0.2, 0.25) is 10.0 Å². The normalized spacial score (nSPS) is 11.2. The van der Waals surface area contributed by atoms with Gasteiger partial charge in [-0.15, -0.1) is 0 Å². The smallest absolute Gasteiger partial charge is 0.257 e. The van der Waals surface area contributed by atoms with Crippen molar-refractivity contribution in [2.24, 2.45) is 0 Å². The van der Waals surface area contributed by atoms with Crippen molar-refractivity contribution in [2.45, 2.75) is 18.7 Å². The first-order chi connectivity index (χ1) is 12.4. The molecule has 2 rings (SSSR count). The number of sulfonamides is 1. The highest BCUT2D eigenvalue weighted by atomic mass is 32.2. The number of carbonyl (C=O) groups excluding carboxylic acids is 1. The number of anilines is 1. The van der Waals surface area contributed by atoms with Crippen molar-refractivity contribution in [3.05, 3.63) is 60.2 Å². The zero-order valence-electron chi connectivity index (χ0n) is 14.6. The van der Waals surface area contributed by atoms with Crippen molar-refractivity contribution < 1.29 is 13.2 Å². The maximum Gasteiger partial charge on any atom is 0.257 e. The monoisotopic (exact) mass is 391 g/mol. The standard InChI is InChI=1S/C18H21N3O3S2/c1-3-21(4-2)26(23,24)16-12-10-15(11-13-16)19-18(25)20-17(22)14-8-6-5-7-9-14/h5-13H,3-4H2,1-2H3,(H2,19,20,22,25). The van der Waals surface area contributed by atoms with Crippen LogP contribution in [0.15, 0.2) is 59.5 Å². The molecule has 138 valence electrons. The zero-order chi connectivity index (χ0) is 19.2. The van der Waals surface area contributed by atoms with Gasteiger partial charge in [-0.25, -0.2) is 8.42 Å². The lowest BCUT2D eigenvalue weighted by Crippen LogP contribution is -2.34. The largest absolute Gasteiger partial charge is 0.332 e. The molecule has 0 bridgehead atoms. The highest BCUT2D eigenvalue weighted by Gasteiger charge is 2.21. The molecule has 0 atom stereocenters. The number of amides is 1. The Morgan fingerprint density at radius 2 is 1.58 bits per heavy atom. The number of nitrogens with zero attached hydrogens (tertiary/aromatic N) is 1. The summed E-state index contributed by atoms with van der Waals surface area (Å²) >= 11 is 5.13. The molecule has 0 aliphatic carbocycles. The SMILES string of the molecule is CCN(CC)S(=O)(=O)c1ccc(NC(=S)NC(=O)c2ccccc2)cc1. The van der Waals surface area contributed by atoms with E-state index in [-0.39, 0.29) is 15.9 Å². The number of hydrogen-bond acceptors (Lipinski definition) is 4. The molecule has 2 aromatic rings. The molecule has 0 radical (unpaired) electrons. The molecule has 0 aromatic heterocycles. The van der Waals surface area contributed by atoms with Crippen molar-refractivity contribution in [3.63, 3.8) is 0 Å². The predicted octanol–water partition coefficient (Wildman–Crippen LogP) is 2.84. The molecule has 0 spiro atoms. The number of nitrogens with one attached hydrogen (secondary N) is 2. The molecule has 0 aliphatic rings. The van der Waals surface area contributed by atoms with Crippen LogP contribution in [0.4, 0.5) is 5.69 Å². The molecule has 2 N–H and O–H groups in total. The van der Waals surface area contributed by atoms with Crippen LogP contribution in [-0.4, -0.2) is 36.8 Å². The highest BCUT2D eigenvalue weighted by molar-refractivity contribution is 7.89. The second-order valence-electron chi connectivity index (χ2n) is 5.39. The number of benzene rings is 2. The molecular formula is C18H21N3O3S2. The summed E-state index contributed by atoms with van der Waals surface area (Å²) in [6.45, 7) is 4.42. The van der Waals surface area contributed by atoms with Crippen molar-refractivity contribution >= 4 is 38.9 Å². The van der Waals surface area contributed by atoms with Gasteiger partial charge in [-0.1, -0.05) is 32.0 Å². The molecule has 0 fully saturated rings. The lowest BCUT2D eigenvalue weighted by Gasteiger charge is -2.18. The van der Waals surface area contributed by atoms with E-state index in [1.54, 1.807) is 50.2 Å². The van der Waals surface area contributed by atoms with Crippen LogP contribution in [-0.2, 0) is 10.0 Å². The molecule has 26 heavy (non-hydrogen) atoms. The Kier molecular flexibility index (Phi) is 6.84. The van der Waals surface area contributed by atoms with E-state index in [0.29, 0.717) is 24.3 Å². The van der Waals surface area contributed by atoms with Crippen LogP contribution >= 0.6 is 12.2 Å². The third kappa shape index (κ3) is 4.87. The van der Waals surface area contributed by atoms with E-state index in [0.717, 1.165) is 0 Å². The van der Waals surface area contributed by atoms with Gasteiger partial charge in [-0.2, -0.15) is 4.31 Å². The molecule has 0 aliphatic heterocycles. The Hall–Kier alpha value is -2.29. The van der Waals surface area contributed by atoms with Crippen LogP contribution in [0.1, 0.15) is 24.2 Å². The van der Waals surface area contributed by atoms with E-state index in [2.05, 4.69) is 10.6 Å². The summed E-state index contributed by atoms with van der Waals surface area (Å²) < 4.78 is 26.3. The van der Waals surface area contributed by atoms with Gasteiger partial charge < -0.3 is 5.32 Å². The molecule has 0 saturated heterocycles. The minimum atomic E-state index is -3.50. The molecule has 8 heteroatoms. The Morgan fingerprint density at radius 3 is 2.12 bits per heavy atom. The molecule has 2 aromatic carbocycles. The first kappa shape index (κ1) is 20.0. The van der Waals surface area contributed by atoms with Crippen LogP contribution in [0, 0.1) is 0 Å². The summed E-state index contributed by atoms with van der Waals surface area (Å²) in [5.74, 6) is -0.316. The second kappa shape index (κ2) is 8.88. The minimum absolute atomic E-state index is 0.137. The van der Waals surface area contributed by atoms with Gasteiger partial charge in [0.05, 0.1) is 4.90 Å². The summed E-state index contributed by atoms with van der Waals surface area (Å²) in [6, 6.07) is 15.0. The molecule has 1 amide bonds. The maximum absolute atomic E-state index is 12.5. The zero-order valence-corrected chi connectivity index (χ0v) is 16.2. The highest BCUT2D eigenvalue weighted by Crippen LogP contribution is 2.18. The average molecular weight is 392 g/mol.